The monoisotopic (exact) mass is 383 g/mol. The lowest BCUT2D eigenvalue weighted by atomic mass is 10.1. The first kappa shape index (κ1) is 22.9. The molecule has 0 radical (unpaired) electrons. The van der Waals surface area contributed by atoms with Crippen molar-refractivity contribution in [3.8, 4) is 0 Å². The maximum Gasteiger partial charge on any atom is 0.305 e. The van der Waals surface area contributed by atoms with Crippen LogP contribution in [-0.2, 0) is 23.9 Å². The van der Waals surface area contributed by atoms with Crippen molar-refractivity contribution < 1.29 is 23.9 Å². The molecule has 1 aliphatic heterocycles. The van der Waals surface area contributed by atoms with E-state index in [1.165, 1.54) is 7.11 Å². The lowest BCUT2D eigenvalue weighted by Gasteiger charge is -2.17. The number of hydrogen-bond donors (Lipinski definition) is 2. The molecule has 0 spiro atoms. The van der Waals surface area contributed by atoms with Gasteiger partial charge in [-0.1, -0.05) is 19.8 Å². The van der Waals surface area contributed by atoms with Crippen molar-refractivity contribution in [3.05, 3.63) is 0 Å². The van der Waals surface area contributed by atoms with Crippen LogP contribution < -0.4 is 10.6 Å². The standard InChI is InChI=1S/C19H33N3O5/c1-3-4-5-8-16(23)21-13-17(24)22-12-10-15(14-22)19(26)20-11-7-6-9-18(25)27-2/h15H,3-14H2,1-2H3,(H,20,26)(H,21,23). The van der Waals surface area contributed by atoms with E-state index in [1.54, 1.807) is 4.90 Å². The number of nitrogens with zero attached hydrogens (tertiary/aromatic N) is 1. The van der Waals surface area contributed by atoms with E-state index in [2.05, 4.69) is 22.3 Å². The van der Waals surface area contributed by atoms with Crippen LogP contribution in [0.15, 0.2) is 0 Å². The first-order valence-corrected chi connectivity index (χ1v) is 9.86. The summed E-state index contributed by atoms with van der Waals surface area (Å²) >= 11 is 0. The van der Waals surface area contributed by atoms with Crippen LogP contribution in [0.1, 0.15) is 58.3 Å². The molecule has 0 saturated carbocycles. The minimum absolute atomic E-state index is 0.00712. The second kappa shape index (κ2) is 13.1. The molecule has 3 amide bonds. The van der Waals surface area contributed by atoms with Crippen LogP contribution in [0.25, 0.3) is 0 Å². The third-order valence-corrected chi connectivity index (χ3v) is 4.69. The zero-order chi connectivity index (χ0) is 20.1. The number of hydrogen-bond acceptors (Lipinski definition) is 5. The van der Waals surface area contributed by atoms with Crippen molar-refractivity contribution in [3.63, 3.8) is 0 Å². The zero-order valence-corrected chi connectivity index (χ0v) is 16.6. The number of carbonyl (C=O) groups excluding carboxylic acids is 4. The summed E-state index contributed by atoms with van der Waals surface area (Å²) in [7, 11) is 1.36. The molecule has 154 valence electrons. The highest BCUT2D eigenvalue weighted by Crippen LogP contribution is 2.16. The first-order chi connectivity index (χ1) is 13.0. The number of nitrogens with one attached hydrogen (secondary N) is 2. The van der Waals surface area contributed by atoms with Crippen molar-refractivity contribution in [1.82, 2.24) is 15.5 Å². The second-order valence-corrected chi connectivity index (χ2v) is 6.88. The highest BCUT2D eigenvalue weighted by molar-refractivity contribution is 5.86. The van der Waals surface area contributed by atoms with Crippen LogP contribution in [0.3, 0.4) is 0 Å². The highest BCUT2D eigenvalue weighted by atomic mass is 16.5. The van der Waals surface area contributed by atoms with Gasteiger partial charge in [-0.15, -0.1) is 0 Å². The molecule has 1 aliphatic rings. The van der Waals surface area contributed by atoms with Crippen LogP contribution in [-0.4, -0.2) is 61.9 Å². The summed E-state index contributed by atoms with van der Waals surface area (Å²) in [5, 5.41) is 5.51. The predicted octanol–water partition coefficient (Wildman–Crippen LogP) is 0.991. The molecule has 1 heterocycles. The fourth-order valence-corrected chi connectivity index (χ4v) is 2.96. The minimum atomic E-state index is -0.247. The maximum absolute atomic E-state index is 12.2. The van der Waals surface area contributed by atoms with E-state index in [4.69, 9.17) is 0 Å². The molecule has 0 aromatic heterocycles. The normalized spacial score (nSPS) is 16.1. The van der Waals surface area contributed by atoms with Gasteiger partial charge in [0.2, 0.25) is 17.7 Å². The number of methoxy groups -OCH3 is 1. The van der Waals surface area contributed by atoms with Gasteiger partial charge in [0.25, 0.3) is 0 Å². The number of likely N-dealkylation sites (tertiary alicyclic amines) is 1. The summed E-state index contributed by atoms with van der Waals surface area (Å²) in [6.45, 7) is 3.49. The largest absolute Gasteiger partial charge is 0.469 e. The van der Waals surface area contributed by atoms with Gasteiger partial charge < -0.3 is 20.3 Å². The summed E-state index contributed by atoms with van der Waals surface area (Å²) in [4.78, 5) is 48.7. The Morgan fingerprint density at radius 1 is 1.04 bits per heavy atom. The molecule has 0 aromatic rings. The maximum atomic E-state index is 12.2. The van der Waals surface area contributed by atoms with E-state index in [-0.39, 0.29) is 36.2 Å². The van der Waals surface area contributed by atoms with Gasteiger partial charge in [-0.25, -0.2) is 0 Å². The molecule has 27 heavy (non-hydrogen) atoms. The lowest BCUT2D eigenvalue weighted by molar-refractivity contribution is -0.140. The van der Waals surface area contributed by atoms with Crippen molar-refractivity contribution in [2.75, 3.05) is 33.3 Å². The van der Waals surface area contributed by atoms with Gasteiger partial charge in [0.15, 0.2) is 0 Å². The molecule has 0 aromatic carbocycles. The molecule has 2 N–H and O–H groups in total. The Morgan fingerprint density at radius 2 is 1.78 bits per heavy atom. The topological polar surface area (TPSA) is 105 Å². The summed E-state index contributed by atoms with van der Waals surface area (Å²) in [6, 6.07) is 0. The van der Waals surface area contributed by atoms with Crippen LogP contribution in [0, 0.1) is 5.92 Å². The SMILES string of the molecule is CCCCCC(=O)NCC(=O)N1CCC(C(=O)NCCCCC(=O)OC)C1. The molecule has 8 nitrogen and oxygen atoms in total. The Morgan fingerprint density at radius 3 is 2.48 bits per heavy atom. The quantitative estimate of drug-likeness (QED) is 0.386. The van der Waals surface area contributed by atoms with E-state index in [9.17, 15) is 19.2 Å². The van der Waals surface area contributed by atoms with E-state index in [1.807, 2.05) is 0 Å². The number of carbonyl (C=O) groups is 4. The summed E-state index contributed by atoms with van der Waals surface area (Å²) < 4.78 is 4.56. The minimum Gasteiger partial charge on any atom is -0.469 e. The lowest BCUT2D eigenvalue weighted by Crippen LogP contribution is -2.40. The molecule has 1 rings (SSSR count). The molecule has 1 saturated heterocycles. The van der Waals surface area contributed by atoms with E-state index < -0.39 is 0 Å². The average Bonchev–Trinajstić information content (AvgIpc) is 3.16. The van der Waals surface area contributed by atoms with Gasteiger partial charge in [-0.3, -0.25) is 19.2 Å². The summed E-state index contributed by atoms with van der Waals surface area (Å²) in [6.07, 6.45) is 5.69. The Balaban J connectivity index is 2.18. The third-order valence-electron chi connectivity index (χ3n) is 4.69. The van der Waals surface area contributed by atoms with Crippen molar-refractivity contribution in [2.24, 2.45) is 5.92 Å². The number of ether oxygens (including phenoxy) is 1. The molecule has 1 atom stereocenters. The first-order valence-electron chi connectivity index (χ1n) is 9.86. The van der Waals surface area contributed by atoms with E-state index in [0.717, 1.165) is 19.3 Å². The number of esters is 1. The van der Waals surface area contributed by atoms with Gasteiger partial charge in [0.1, 0.15) is 0 Å². The number of unbranched alkanes of at least 4 members (excludes halogenated alkanes) is 3. The Bertz CT molecular complexity index is 510. The van der Waals surface area contributed by atoms with Gasteiger partial charge in [0, 0.05) is 32.5 Å². The third kappa shape index (κ3) is 9.40. The smallest absolute Gasteiger partial charge is 0.305 e. The second-order valence-electron chi connectivity index (χ2n) is 6.88. The molecular weight excluding hydrogens is 350 g/mol. The zero-order valence-electron chi connectivity index (χ0n) is 16.6. The van der Waals surface area contributed by atoms with Gasteiger partial charge >= 0.3 is 5.97 Å². The highest BCUT2D eigenvalue weighted by Gasteiger charge is 2.30. The fraction of sp³-hybridized carbons (Fsp3) is 0.789. The van der Waals surface area contributed by atoms with Crippen molar-refractivity contribution in [2.45, 2.75) is 58.3 Å². The summed E-state index contributed by atoms with van der Waals surface area (Å²) in [5.41, 5.74) is 0. The van der Waals surface area contributed by atoms with Gasteiger partial charge in [0.05, 0.1) is 19.6 Å². The molecule has 1 fully saturated rings. The molecular formula is C19H33N3O5. The van der Waals surface area contributed by atoms with Gasteiger partial charge in [-0.05, 0) is 25.7 Å². The van der Waals surface area contributed by atoms with E-state index in [0.29, 0.717) is 51.7 Å². The van der Waals surface area contributed by atoms with E-state index >= 15 is 0 Å². The number of rotatable bonds is 12. The van der Waals surface area contributed by atoms with Crippen molar-refractivity contribution >= 4 is 23.7 Å². The molecule has 8 heteroatoms. The Hall–Kier alpha value is -2.12. The van der Waals surface area contributed by atoms with Gasteiger partial charge in [-0.2, -0.15) is 0 Å². The average molecular weight is 383 g/mol. The molecule has 0 bridgehead atoms. The predicted molar refractivity (Wildman–Crippen MR) is 101 cm³/mol. The molecule has 0 aliphatic carbocycles. The van der Waals surface area contributed by atoms with Crippen molar-refractivity contribution in [1.29, 1.82) is 0 Å². The van der Waals surface area contributed by atoms with Crippen LogP contribution in [0.2, 0.25) is 0 Å². The Kier molecular flexibility index (Phi) is 11.1. The van der Waals surface area contributed by atoms with Crippen LogP contribution in [0.4, 0.5) is 0 Å². The van der Waals surface area contributed by atoms with Crippen LogP contribution in [0.5, 0.6) is 0 Å². The molecule has 1 unspecified atom stereocenters. The Labute approximate surface area is 161 Å². The fourth-order valence-electron chi connectivity index (χ4n) is 2.96. The number of amides is 3. The summed E-state index contributed by atoms with van der Waals surface area (Å²) in [5.74, 6) is -0.769. The van der Waals surface area contributed by atoms with Crippen LogP contribution >= 0.6 is 0 Å².